The van der Waals surface area contributed by atoms with Crippen molar-refractivity contribution in [1.82, 2.24) is 10.2 Å². The molecule has 0 aromatic carbocycles. The largest absolute Gasteiger partial charge is 0.366 e. The minimum absolute atomic E-state index is 0.0962. The minimum atomic E-state index is -0.243. The van der Waals surface area contributed by atoms with Crippen LogP contribution in [-0.4, -0.2) is 48.7 Å². The molecule has 4 heteroatoms. The van der Waals surface area contributed by atoms with Gasteiger partial charge in [-0.2, -0.15) is 0 Å². The Hall–Kier alpha value is -0.610. The highest BCUT2D eigenvalue weighted by Gasteiger charge is 2.24. The molecule has 0 bridgehead atoms. The van der Waals surface area contributed by atoms with Crippen LogP contribution in [0.4, 0.5) is 0 Å². The molecule has 1 saturated heterocycles. The van der Waals surface area contributed by atoms with E-state index in [0.717, 1.165) is 19.6 Å². The first-order valence-corrected chi connectivity index (χ1v) is 5.54. The SMILES string of the molecule is C[C@@H]1CNCCN1C(=O)COC(C)(C)C. The Balaban J connectivity index is 2.39. The van der Waals surface area contributed by atoms with Gasteiger partial charge in [0.05, 0.1) is 5.60 Å². The summed E-state index contributed by atoms with van der Waals surface area (Å²) in [5, 5.41) is 3.26. The van der Waals surface area contributed by atoms with Crippen LogP contribution < -0.4 is 5.32 Å². The van der Waals surface area contributed by atoms with Crippen LogP contribution in [0.1, 0.15) is 27.7 Å². The first-order valence-electron chi connectivity index (χ1n) is 5.54. The highest BCUT2D eigenvalue weighted by molar-refractivity contribution is 5.78. The molecule has 0 aromatic heterocycles. The van der Waals surface area contributed by atoms with Crippen LogP contribution >= 0.6 is 0 Å². The molecule has 0 unspecified atom stereocenters. The summed E-state index contributed by atoms with van der Waals surface area (Å²) in [6, 6.07) is 0.273. The van der Waals surface area contributed by atoms with E-state index in [4.69, 9.17) is 4.74 Å². The van der Waals surface area contributed by atoms with E-state index in [-0.39, 0.29) is 24.2 Å². The fourth-order valence-corrected chi connectivity index (χ4v) is 1.57. The summed E-state index contributed by atoms with van der Waals surface area (Å²) in [6.07, 6.45) is 0. The molecule has 0 radical (unpaired) electrons. The Kier molecular flexibility index (Phi) is 4.11. The first-order chi connectivity index (χ1) is 6.90. The summed E-state index contributed by atoms with van der Waals surface area (Å²) >= 11 is 0. The predicted octanol–water partition coefficient (Wildman–Crippen LogP) is 0.622. The molecule has 1 aliphatic rings. The third-order valence-corrected chi connectivity index (χ3v) is 2.45. The number of nitrogens with one attached hydrogen (secondary N) is 1. The van der Waals surface area contributed by atoms with E-state index in [2.05, 4.69) is 12.2 Å². The molecule has 15 heavy (non-hydrogen) atoms. The van der Waals surface area contributed by atoms with E-state index in [1.54, 1.807) is 0 Å². The van der Waals surface area contributed by atoms with Crippen LogP contribution in [0.3, 0.4) is 0 Å². The highest BCUT2D eigenvalue weighted by Crippen LogP contribution is 2.09. The number of ether oxygens (including phenoxy) is 1. The van der Waals surface area contributed by atoms with E-state index in [0.29, 0.717) is 0 Å². The summed E-state index contributed by atoms with van der Waals surface area (Å²) in [5.41, 5.74) is -0.243. The highest BCUT2D eigenvalue weighted by atomic mass is 16.5. The number of piperazine rings is 1. The Labute approximate surface area is 92.0 Å². The van der Waals surface area contributed by atoms with Crippen molar-refractivity contribution in [2.24, 2.45) is 0 Å². The molecule has 0 aliphatic carbocycles. The number of hydrogen-bond donors (Lipinski definition) is 1. The van der Waals surface area contributed by atoms with Crippen molar-refractivity contribution in [2.45, 2.75) is 39.3 Å². The smallest absolute Gasteiger partial charge is 0.248 e. The average Bonchev–Trinajstić information content (AvgIpc) is 2.14. The molecular formula is C11H22N2O2. The lowest BCUT2D eigenvalue weighted by Crippen LogP contribution is -2.53. The average molecular weight is 214 g/mol. The zero-order valence-corrected chi connectivity index (χ0v) is 10.2. The zero-order valence-electron chi connectivity index (χ0n) is 10.2. The summed E-state index contributed by atoms with van der Waals surface area (Å²) in [5.74, 6) is 0.0962. The van der Waals surface area contributed by atoms with E-state index in [1.165, 1.54) is 0 Å². The zero-order chi connectivity index (χ0) is 11.5. The van der Waals surface area contributed by atoms with Gasteiger partial charge in [0.1, 0.15) is 6.61 Å². The van der Waals surface area contributed by atoms with E-state index < -0.39 is 0 Å². The van der Waals surface area contributed by atoms with Gasteiger partial charge in [-0.05, 0) is 27.7 Å². The van der Waals surface area contributed by atoms with Crippen molar-refractivity contribution >= 4 is 5.91 Å². The second-order valence-corrected chi connectivity index (χ2v) is 5.04. The number of amides is 1. The van der Waals surface area contributed by atoms with Gasteiger partial charge >= 0.3 is 0 Å². The van der Waals surface area contributed by atoms with Crippen molar-refractivity contribution in [3.63, 3.8) is 0 Å². The monoisotopic (exact) mass is 214 g/mol. The van der Waals surface area contributed by atoms with Crippen LogP contribution in [0.2, 0.25) is 0 Å². The van der Waals surface area contributed by atoms with Crippen LogP contribution in [0.25, 0.3) is 0 Å². The lowest BCUT2D eigenvalue weighted by molar-refractivity contribution is -0.143. The summed E-state index contributed by atoms with van der Waals surface area (Å²) in [7, 11) is 0. The van der Waals surface area contributed by atoms with Gasteiger partial charge in [0.15, 0.2) is 0 Å². The number of hydrogen-bond acceptors (Lipinski definition) is 3. The molecular weight excluding hydrogens is 192 g/mol. The summed E-state index contributed by atoms with van der Waals surface area (Å²) in [6.45, 7) is 10.7. The second kappa shape index (κ2) is 4.94. The van der Waals surface area contributed by atoms with E-state index >= 15 is 0 Å². The molecule has 1 amide bonds. The number of rotatable bonds is 2. The predicted molar refractivity (Wildman–Crippen MR) is 59.7 cm³/mol. The van der Waals surface area contributed by atoms with Gasteiger partial charge in [0.25, 0.3) is 0 Å². The third-order valence-electron chi connectivity index (χ3n) is 2.45. The van der Waals surface area contributed by atoms with Crippen molar-refractivity contribution in [1.29, 1.82) is 0 Å². The number of carbonyl (C=O) groups is 1. The lowest BCUT2D eigenvalue weighted by Gasteiger charge is -2.34. The molecule has 0 spiro atoms. The van der Waals surface area contributed by atoms with Gasteiger partial charge < -0.3 is 15.0 Å². The van der Waals surface area contributed by atoms with Crippen molar-refractivity contribution in [3.05, 3.63) is 0 Å². The maximum absolute atomic E-state index is 11.8. The molecule has 1 atom stereocenters. The van der Waals surface area contributed by atoms with Crippen molar-refractivity contribution < 1.29 is 9.53 Å². The Morgan fingerprint density at radius 2 is 2.20 bits per heavy atom. The van der Waals surface area contributed by atoms with Gasteiger partial charge in [-0.15, -0.1) is 0 Å². The quantitative estimate of drug-likeness (QED) is 0.733. The van der Waals surface area contributed by atoms with Crippen molar-refractivity contribution in [2.75, 3.05) is 26.2 Å². The molecule has 1 fully saturated rings. The van der Waals surface area contributed by atoms with Crippen LogP contribution in [0, 0.1) is 0 Å². The summed E-state index contributed by atoms with van der Waals surface area (Å²) < 4.78 is 5.48. The normalized spacial score (nSPS) is 22.9. The Bertz CT molecular complexity index is 223. The Morgan fingerprint density at radius 3 is 2.73 bits per heavy atom. The van der Waals surface area contributed by atoms with Gasteiger partial charge in [-0.3, -0.25) is 4.79 Å². The van der Waals surface area contributed by atoms with E-state index in [1.807, 2.05) is 25.7 Å². The molecule has 4 nitrogen and oxygen atoms in total. The van der Waals surface area contributed by atoms with Crippen molar-refractivity contribution in [3.8, 4) is 0 Å². The van der Waals surface area contributed by atoms with E-state index in [9.17, 15) is 4.79 Å². The minimum Gasteiger partial charge on any atom is -0.366 e. The molecule has 1 rings (SSSR count). The van der Waals surface area contributed by atoms with Gasteiger partial charge in [0.2, 0.25) is 5.91 Å². The Morgan fingerprint density at radius 1 is 1.53 bits per heavy atom. The van der Waals surface area contributed by atoms with Crippen LogP contribution in [0.15, 0.2) is 0 Å². The summed E-state index contributed by atoms with van der Waals surface area (Å²) in [4.78, 5) is 13.7. The maximum atomic E-state index is 11.8. The number of carbonyl (C=O) groups excluding carboxylic acids is 1. The standard InChI is InChI=1S/C11H22N2O2/c1-9-7-12-5-6-13(9)10(14)8-15-11(2,3)4/h9,12H,5-8H2,1-4H3/t9-/m1/s1. The molecule has 1 aliphatic heterocycles. The topological polar surface area (TPSA) is 41.6 Å². The molecule has 1 N–H and O–H groups in total. The second-order valence-electron chi connectivity index (χ2n) is 5.04. The van der Waals surface area contributed by atoms with Gasteiger partial charge in [0, 0.05) is 25.7 Å². The van der Waals surface area contributed by atoms with Crippen LogP contribution in [-0.2, 0) is 9.53 Å². The third kappa shape index (κ3) is 4.18. The number of nitrogens with zero attached hydrogens (tertiary/aromatic N) is 1. The molecule has 0 aromatic rings. The fraction of sp³-hybridized carbons (Fsp3) is 0.909. The van der Waals surface area contributed by atoms with Gasteiger partial charge in [-0.1, -0.05) is 0 Å². The molecule has 1 heterocycles. The van der Waals surface area contributed by atoms with Crippen LogP contribution in [0.5, 0.6) is 0 Å². The maximum Gasteiger partial charge on any atom is 0.248 e. The fourth-order valence-electron chi connectivity index (χ4n) is 1.57. The van der Waals surface area contributed by atoms with Gasteiger partial charge in [-0.25, -0.2) is 0 Å². The first kappa shape index (κ1) is 12.5. The molecule has 88 valence electrons. The lowest BCUT2D eigenvalue weighted by atomic mass is 10.2. The molecule has 0 saturated carbocycles.